The molecule has 0 fully saturated rings. The number of H-pyrrole nitrogens is 1. The SMILES string of the molecule is Cc1ccc(S(=O)(=O)Oc2ccc(OS(=O)(=O)c3ccc(C)cc3)c(S(=O)(=O)c3ccc4[nH]c(C5=CCSC5=C(C#N)c5ccccc5)cc4c3)c2)cc1. The number of thioether (sulfide) groups is 1. The lowest BCUT2D eigenvalue weighted by atomic mass is 10.0. The van der Waals surface area contributed by atoms with Gasteiger partial charge in [0.15, 0.2) is 5.75 Å². The quantitative estimate of drug-likeness (QED) is 0.106. The summed E-state index contributed by atoms with van der Waals surface area (Å²) in [6.45, 7) is 3.57. The molecule has 10 nitrogen and oxygen atoms in total. The average Bonchev–Trinajstić information content (AvgIpc) is 3.80. The van der Waals surface area contributed by atoms with E-state index in [2.05, 4.69) is 11.1 Å². The molecule has 5 aromatic carbocycles. The highest BCUT2D eigenvalue weighted by Crippen LogP contribution is 2.43. The van der Waals surface area contributed by atoms with E-state index < -0.39 is 40.7 Å². The van der Waals surface area contributed by atoms with Crippen molar-refractivity contribution in [3.63, 3.8) is 0 Å². The summed E-state index contributed by atoms with van der Waals surface area (Å²) in [5.41, 5.74) is 5.00. The summed E-state index contributed by atoms with van der Waals surface area (Å²) in [5, 5.41) is 10.6. The predicted molar refractivity (Wildman–Crippen MR) is 208 cm³/mol. The van der Waals surface area contributed by atoms with Crippen molar-refractivity contribution in [3.05, 3.63) is 155 Å². The summed E-state index contributed by atoms with van der Waals surface area (Å²) >= 11 is 1.53. The summed E-state index contributed by atoms with van der Waals surface area (Å²) in [4.78, 5) is 2.89. The molecule has 0 radical (unpaired) electrons. The Labute approximate surface area is 317 Å². The number of aryl methyl sites for hydroxylation is 2. The summed E-state index contributed by atoms with van der Waals surface area (Å²) in [7, 11) is -13.5. The number of allylic oxidation sites excluding steroid dienone is 2. The third kappa shape index (κ3) is 7.31. The maximum Gasteiger partial charge on any atom is 0.339 e. The van der Waals surface area contributed by atoms with Crippen LogP contribution in [0, 0.1) is 25.2 Å². The molecule has 1 aliphatic heterocycles. The number of hydrogen-bond acceptors (Lipinski definition) is 10. The molecule has 1 aliphatic rings. The van der Waals surface area contributed by atoms with Crippen LogP contribution in [0.5, 0.6) is 11.5 Å². The number of nitrogens with zero attached hydrogens (tertiary/aromatic N) is 1. The highest BCUT2D eigenvalue weighted by atomic mass is 32.2. The van der Waals surface area contributed by atoms with Crippen molar-refractivity contribution in [1.29, 1.82) is 5.26 Å². The van der Waals surface area contributed by atoms with Gasteiger partial charge in [-0.25, -0.2) is 8.42 Å². The van der Waals surface area contributed by atoms with E-state index in [9.17, 15) is 30.5 Å². The molecular formula is C40H30N2O8S4. The van der Waals surface area contributed by atoms with Crippen LogP contribution in [0.4, 0.5) is 0 Å². The lowest BCUT2D eigenvalue weighted by Gasteiger charge is -2.15. The van der Waals surface area contributed by atoms with Crippen LogP contribution in [0.15, 0.2) is 152 Å². The molecular weight excluding hydrogens is 765 g/mol. The Kier molecular flexibility index (Phi) is 9.76. The molecule has 0 aliphatic carbocycles. The highest BCUT2D eigenvalue weighted by Gasteiger charge is 2.29. The molecule has 7 rings (SSSR count). The number of rotatable bonds is 10. The van der Waals surface area contributed by atoms with Gasteiger partial charge in [-0.15, -0.1) is 11.8 Å². The third-order valence-electron chi connectivity index (χ3n) is 8.58. The van der Waals surface area contributed by atoms with Gasteiger partial charge in [-0.1, -0.05) is 71.8 Å². The van der Waals surface area contributed by atoms with Crippen LogP contribution in [0.2, 0.25) is 0 Å². The van der Waals surface area contributed by atoms with Crippen molar-refractivity contribution >= 4 is 63.9 Å². The zero-order chi connectivity index (χ0) is 38.3. The minimum atomic E-state index is -4.59. The average molecular weight is 795 g/mol. The molecule has 0 spiro atoms. The minimum absolute atomic E-state index is 0.159. The fourth-order valence-electron chi connectivity index (χ4n) is 5.79. The number of hydrogen-bond donors (Lipinski definition) is 1. The smallest absolute Gasteiger partial charge is 0.339 e. The van der Waals surface area contributed by atoms with Crippen molar-refractivity contribution in [2.75, 3.05) is 5.75 Å². The van der Waals surface area contributed by atoms with Gasteiger partial charge in [0.05, 0.1) is 10.5 Å². The van der Waals surface area contributed by atoms with E-state index in [1.165, 1.54) is 48.2 Å². The molecule has 0 atom stereocenters. The second kappa shape index (κ2) is 14.3. The maximum atomic E-state index is 14.4. The number of benzene rings is 5. The maximum absolute atomic E-state index is 14.4. The fourth-order valence-corrected chi connectivity index (χ4v) is 10.2. The van der Waals surface area contributed by atoms with Gasteiger partial charge < -0.3 is 13.4 Å². The van der Waals surface area contributed by atoms with Crippen LogP contribution in [0.3, 0.4) is 0 Å². The van der Waals surface area contributed by atoms with Crippen LogP contribution in [-0.2, 0) is 30.1 Å². The van der Waals surface area contributed by atoms with Crippen LogP contribution in [0.1, 0.15) is 22.4 Å². The van der Waals surface area contributed by atoms with Crippen molar-refractivity contribution in [2.24, 2.45) is 0 Å². The van der Waals surface area contributed by atoms with Crippen molar-refractivity contribution in [2.45, 2.75) is 33.4 Å². The van der Waals surface area contributed by atoms with Gasteiger partial charge in [0.1, 0.15) is 26.5 Å². The molecule has 2 heterocycles. The molecule has 1 N–H and O–H groups in total. The van der Waals surface area contributed by atoms with Gasteiger partial charge in [-0.3, -0.25) is 0 Å². The number of aromatic amines is 1. The van der Waals surface area contributed by atoms with Crippen LogP contribution >= 0.6 is 11.8 Å². The van der Waals surface area contributed by atoms with E-state index in [1.807, 2.05) is 36.4 Å². The van der Waals surface area contributed by atoms with Crippen LogP contribution in [-0.4, -0.2) is 36.0 Å². The molecule has 1 aromatic heterocycles. The zero-order valence-electron chi connectivity index (χ0n) is 28.7. The first-order valence-electron chi connectivity index (χ1n) is 16.3. The van der Waals surface area contributed by atoms with Crippen LogP contribution < -0.4 is 8.37 Å². The summed E-state index contributed by atoms with van der Waals surface area (Å²) in [6.07, 6.45) is 2.00. The van der Waals surface area contributed by atoms with Gasteiger partial charge >= 0.3 is 20.2 Å². The van der Waals surface area contributed by atoms with Gasteiger partial charge in [0, 0.05) is 38.9 Å². The van der Waals surface area contributed by atoms with Gasteiger partial charge in [0.25, 0.3) is 0 Å². The second-order valence-electron chi connectivity index (χ2n) is 12.4. The highest BCUT2D eigenvalue weighted by molar-refractivity contribution is 8.04. The monoisotopic (exact) mass is 794 g/mol. The molecule has 14 heteroatoms. The number of sulfone groups is 1. The first-order valence-corrected chi connectivity index (χ1v) is 21.6. The molecule has 272 valence electrons. The van der Waals surface area contributed by atoms with Gasteiger partial charge in [-0.2, -0.15) is 22.1 Å². The Hall–Kier alpha value is -5.59. The molecule has 54 heavy (non-hydrogen) atoms. The zero-order valence-corrected chi connectivity index (χ0v) is 31.9. The summed E-state index contributed by atoms with van der Waals surface area (Å²) < 4.78 is 92.7. The number of aromatic nitrogens is 1. The van der Waals surface area contributed by atoms with Gasteiger partial charge in [-0.05, 0) is 80.1 Å². The predicted octanol–water partition coefficient (Wildman–Crippen LogP) is 8.22. The second-order valence-corrected chi connectivity index (χ2v) is 18.4. The number of nitrogens with one attached hydrogen (secondary N) is 1. The molecule has 0 amide bonds. The molecule has 0 bridgehead atoms. The van der Waals surface area contributed by atoms with Gasteiger partial charge in [0.2, 0.25) is 9.84 Å². The van der Waals surface area contributed by atoms with E-state index in [1.54, 1.807) is 50.2 Å². The Bertz CT molecular complexity index is 2870. The van der Waals surface area contributed by atoms with E-state index in [0.717, 1.165) is 45.4 Å². The van der Waals surface area contributed by atoms with Crippen LogP contribution in [0.25, 0.3) is 22.0 Å². The minimum Gasteiger partial charge on any atom is -0.379 e. The van der Waals surface area contributed by atoms with E-state index >= 15 is 0 Å². The molecule has 6 aromatic rings. The normalized spacial score (nSPS) is 14.4. The summed E-state index contributed by atoms with van der Waals surface area (Å²) in [5.74, 6) is -0.293. The fraction of sp³-hybridized carbons (Fsp3) is 0.0750. The lowest BCUT2D eigenvalue weighted by molar-refractivity contribution is 0.470. The lowest BCUT2D eigenvalue weighted by Crippen LogP contribution is -2.14. The topological polar surface area (TPSA) is 160 Å². The van der Waals surface area contributed by atoms with E-state index in [-0.39, 0.29) is 20.4 Å². The Morgan fingerprint density at radius 2 is 1.31 bits per heavy atom. The standard InChI is InChI=1S/C40H30N2O8S4/c1-26-8-13-31(14-9-26)53(45,46)49-30-12-19-38(50-54(47,48)32-15-10-27(2)11-16-32)39(24-30)52(43,44)33-17-18-36-29(22-33)23-37(42-36)34-20-21-51-40(34)35(25-41)28-6-4-3-5-7-28/h3-20,22-24,42H,21H2,1-2H3. The third-order valence-corrected chi connectivity index (χ3v) is 13.9. The van der Waals surface area contributed by atoms with Crippen molar-refractivity contribution in [3.8, 4) is 17.6 Å². The molecule has 0 unspecified atom stereocenters. The molecule has 0 saturated carbocycles. The van der Waals surface area contributed by atoms with Crippen molar-refractivity contribution in [1.82, 2.24) is 4.98 Å². The first kappa shape index (κ1) is 36.8. The van der Waals surface area contributed by atoms with Crippen molar-refractivity contribution < 1.29 is 33.6 Å². The Morgan fingerprint density at radius 1 is 0.704 bits per heavy atom. The number of fused-ring (bicyclic) bond motifs is 1. The largest absolute Gasteiger partial charge is 0.379 e. The summed E-state index contributed by atoms with van der Waals surface area (Å²) in [6, 6.07) is 32.6. The number of nitriles is 1. The van der Waals surface area contributed by atoms with E-state index in [0.29, 0.717) is 27.9 Å². The van der Waals surface area contributed by atoms with E-state index in [4.69, 9.17) is 8.37 Å². The Balaban J connectivity index is 1.30. The molecule has 0 saturated heterocycles. The Morgan fingerprint density at radius 3 is 1.94 bits per heavy atom. The first-order chi connectivity index (χ1) is 25.7.